The summed E-state index contributed by atoms with van der Waals surface area (Å²) in [6.45, 7) is 1.93. The third-order valence-corrected chi connectivity index (χ3v) is 5.96. The summed E-state index contributed by atoms with van der Waals surface area (Å²) in [7, 11) is 0. The first-order chi connectivity index (χ1) is 19.5. The summed E-state index contributed by atoms with van der Waals surface area (Å²) in [6.07, 6.45) is 1.11. The highest BCUT2D eigenvalue weighted by atomic mass is 19.3. The van der Waals surface area contributed by atoms with Crippen LogP contribution in [0.1, 0.15) is 35.6 Å². The fraction of sp³-hybridized carbons (Fsp3) is 0.125. The van der Waals surface area contributed by atoms with Gasteiger partial charge < -0.3 is 4.74 Å². The van der Waals surface area contributed by atoms with Crippen LogP contribution >= 0.6 is 0 Å². The van der Waals surface area contributed by atoms with Crippen LogP contribution in [0.25, 0.3) is 11.1 Å². The van der Waals surface area contributed by atoms with E-state index in [0.717, 1.165) is 30.5 Å². The van der Waals surface area contributed by atoms with Gasteiger partial charge in [-0.2, -0.15) is 8.78 Å². The normalized spacial score (nSPS) is 11.4. The summed E-state index contributed by atoms with van der Waals surface area (Å²) in [5, 5.41) is 0. The minimum atomic E-state index is -4.58. The molecule has 0 heterocycles. The van der Waals surface area contributed by atoms with Crippen LogP contribution in [0, 0.1) is 46.7 Å². The van der Waals surface area contributed by atoms with Gasteiger partial charge in [0.2, 0.25) is 0 Å². The molecule has 0 spiro atoms. The lowest BCUT2D eigenvalue weighted by Crippen LogP contribution is -2.25. The summed E-state index contributed by atoms with van der Waals surface area (Å²) >= 11 is 0. The number of rotatable bonds is 7. The van der Waals surface area contributed by atoms with E-state index in [1.807, 2.05) is 31.2 Å². The Labute approximate surface area is 230 Å². The Morgan fingerprint density at radius 1 is 0.707 bits per heavy atom. The van der Waals surface area contributed by atoms with Crippen LogP contribution in [0.15, 0.2) is 78.9 Å². The number of hydrogen-bond donors (Lipinski definition) is 0. The molecule has 0 saturated heterocycles. The SMILES string of the molecule is C/C=C/CCc1ccc(C#Cc2cc(F)c(C(F)(F)Oc3ccc(-c4cc(F)c(F)c(F)c4)c(F)c3)c(F)c2)cc1. The first-order valence-electron chi connectivity index (χ1n) is 12.2. The lowest BCUT2D eigenvalue weighted by atomic mass is 10.0. The van der Waals surface area contributed by atoms with Crippen molar-refractivity contribution in [3.8, 4) is 28.7 Å². The molecule has 9 heteroatoms. The highest BCUT2D eigenvalue weighted by molar-refractivity contribution is 5.65. The van der Waals surface area contributed by atoms with Crippen molar-refractivity contribution >= 4 is 0 Å². The predicted octanol–water partition coefficient (Wildman–Crippen LogP) is 9.22. The van der Waals surface area contributed by atoms with E-state index < -0.39 is 63.5 Å². The van der Waals surface area contributed by atoms with Crippen molar-refractivity contribution in [3.63, 3.8) is 0 Å². The zero-order valence-electron chi connectivity index (χ0n) is 21.4. The van der Waals surface area contributed by atoms with E-state index in [9.17, 15) is 35.1 Å². The van der Waals surface area contributed by atoms with Gasteiger partial charge in [0, 0.05) is 22.8 Å². The zero-order valence-corrected chi connectivity index (χ0v) is 21.4. The molecule has 0 bridgehead atoms. The molecule has 0 aromatic heterocycles. The Bertz CT molecular complexity index is 1620. The minimum Gasteiger partial charge on any atom is -0.429 e. The molecule has 0 aliphatic carbocycles. The van der Waals surface area contributed by atoms with E-state index in [1.165, 1.54) is 0 Å². The monoisotopic (exact) mass is 572 g/mol. The van der Waals surface area contributed by atoms with Crippen LogP contribution in [-0.2, 0) is 12.5 Å². The predicted molar refractivity (Wildman–Crippen MR) is 138 cm³/mol. The summed E-state index contributed by atoms with van der Waals surface area (Å²) in [4.78, 5) is 0. The van der Waals surface area contributed by atoms with E-state index in [4.69, 9.17) is 0 Å². The van der Waals surface area contributed by atoms with Crippen molar-refractivity contribution in [1.29, 1.82) is 0 Å². The van der Waals surface area contributed by atoms with Crippen LogP contribution in [-0.4, -0.2) is 0 Å². The van der Waals surface area contributed by atoms with E-state index in [0.29, 0.717) is 35.9 Å². The maximum Gasteiger partial charge on any atom is 0.432 e. The molecule has 0 unspecified atom stereocenters. The molecule has 210 valence electrons. The first-order valence-corrected chi connectivity index (χ1v) is 12.2. The smallest absolute Gasteiger partial charge is 0.429 e. The molecule has 41 heavy (non-hydrogen) atoms. The summed E-state index contributed by atoms with van der Waals surface area (Å²) < 4.78 is 118. The van der Waals surface area contributed by atoms with Crippen molar-refractivity contribution < 1.29 is 39.9 Å². The number of benzene rings is 4. The van der Waals surface area contributed by atoms with E-state index in [-0.39, 0.29) is 5.56 Å². The number of allylic oxidation sites excluding steroid dienone is 2. The first kappa shape index (κ1) is 29.4. The Hall–Kier alpha value is -4.58. The van der Waals surface area contributed by atoms with Crippen LogP contribution in [0.4, 0.5) is 35.1 Å². The molecule has 0 radical (unpaired) electrons. The van der Waals surface area contributed by atoms with Gasteiger partial charge in [0.1, 0.15) is 28.8 Å². The Morgan fingerprint density at radius 2 is 1.32 bits per heavy atom. The van der Waals surface area contributed by atoms with Crippen molar-refractivity contribution in [2.45, 2.75) is 25.9 Å². The van der Waals surface area contributed by atoms with Gasteiger partial charge in [0.25, 0.3) is 0 Å². The molecule has 0 saturated carbocycles. The lowest BCUT2D eigenvalue weighted by molar-refractivity contribution is -0.189. The van der Waals surface area contributed by atoms with Gasteiger partial charge in [0.15, 0.2) is 17.5 Å². The maximum absolute atomic E-state index is 14.8. The van der Waals surface area contributed by atoms with Crippen LogP contribution in [0.2, 0.25) is 0 Å². The quantitative estimate of drug-likeness (QED) is 0.0929. The van der Waals surface area contributed by atoms with Gasteiger partial charge in [-0.1, -0.05) is 36.1 Å². The standard InChI is InChI=1S/C32H20F8O/c1-2-3-4-5-19-6-8-20(9-7-19)10-11-21-14-26(34)30(27(35)15-21)32(39,40)41-23-12-13-24(25(33)18-23)22-16-28(36)31(38)29(37)17-22/h2-3,6-9,12-18H,4-5H2,1H3/b3-2+. The Balaban J connectivity index is 1.53. The fourth-order valence-corrected chi connectivity index (χ4v) is 3.94. The molecule has 0 amide bonds. The van der Waals surface area contributed by atoms with Gasteiger partial charge in [-0.3, -0.25) is 0 Å². The highest BCUT2D eigenvalue weighted by Gasteiger charge is 2.41. The largest absolute Gasteiger partial charge is 0.432 e. The number of hydrogen-bond acceptors (Lipinski definition) is 1. The molecule has 4 rings (SSSR count). The molecule has 0 aliphatic rings. The molecule has 4 aromatic rings. The molecular formula is C32H20F8O. The molecular weight excluding hydrogens is 552 g/mol. The summed E-state index contributed by atoms with van der Waals surface area (Å²) in [6, 6.07) is 11.5. The number of halogens is 8. The average molecular weight is 572 g/mol. The van der Waals surface area contributed by atoms with Gasteiger partial charge in [-0.05, 0) is 79.4 Å². The number of aryl methyl sites for hydroxylation is 1. The van der Waals surface area contributed by atoms with E-state index in [1.54, 1.807) is 12.1 Å². The van der Waals surface area contributed by atoms with Crippen molar-refractivity contribution in [1.82, 2.24) is 0 Å². The summed E-state index contributed by atoms with van der Waals surface area (Å²) in [5.74, 6) is -5.08. The van der Waals surface area contributed by atoms with E-state index in [2.05, 4.69) is 16.6 Å². The number of alkyl halides is 2. The molecule has 4 aromatic carbocycles. The lowest BCUT2D eigenvalue weighted by Gasteiger charge is -2.20. The number of ether oxygens (including phenoxy) is 1. The van der Waals surface area contributed by atoms with Crippen molar-refractivity contribution in [2.24, 2.45) is 0 Å². The summed E-state index contributed by atoms with van der Waals surface area (Å²) in [5.41, 5.74) is -1.17. The third kappa shape index (κ3) is 6.95. The topological polar surface area (TPSA) is 9.23 Å². The van der Waals surface area contributed by atoms with Crippen LogP contribution < -0.4 is 4.74 Å². The molecule has 0 aliphatic heterocycles. The van der Waals surface area contributed by atoms with Crippen LogP contribution in [0.3, 0.4) is 0 Å². The second kappa shape index (κ2) is 12.3. The van der Waals surface area contributed by atoms with Gasteiger partial charge >= 0.3 is 6.11 Å². The zero-order chi connectivity index (χ0) is 29.7. The fourth-order valence-electron chi connectivity index (χ4n) is 3.94. The average Bonchev–Trinajstić information content (AvgIpc) is 2.90. The van der Waals surface area contributed by atoms with E-state index >= 15 is 0 Å². The maximum atomic E-state index is 14.8. The highest BCUT2D eigenvalue weighted by Crippen LogP contribution is 2.37. The third-order valence-electron chi connectivity index (χ3n) is 5.96. The van der Waals surface area contributed by atoms with Crippen LogP contribution in [0.5, 0.6) is 5.75 Å². The molecule has 1 nitrogen and oxygen atoms in total. The molecule has 0 fully saturated rings. The van der Waals surface area contributed by atoms with Crippen molar-refractivity contribution in [2.75, 3.05) is 0 Å². The van der Waals surface area contributed by atoms with Gasteiger partial charge in [0.05, 0.1) is 0 Å². The molecule has 0 N–H and O–H groups in total. The minimum absolute atomic E-state index is 0.203. The van der Waals surface area contributed by atoms with Crippen molar-refractivity contribution in [3.05, 3.63) is 136 Å². The second-order valence-corrected chi connectivity index (χ2v) is 8.88. The Morgan fingerprint density at radius 3 is 1.90 bits per heavy atom. The molecule has 0 atom stereocenters. The Kier molecular flexibility index (Phi) is 8.82. The van der Waals surface area contributed by atoms with Gasteiger partial charge in [-0.15, -0.1) is 0 Å². The second-order valence-electron chi connectivity index (χ2n) is 8.88. The van der Waals surface area contributed by atoms with Gasteiger partial charge in [-0.25, -0.2) is 26.3 Å².